The van der Waals surface area contributed by atoms with Crippen molar-refractivity contribution < 1.29 is 4.39 Å². The fourth-order valence-corrected chi connectivity index (χ4v) is 2.62. The third-order valence-electron chi connectivity index (χ3n) is 2.64. The molecule has 0 saturated carbocycles. The lowest BCUT2D eigenvalue weighted by Gasteiger charge is -2.13. The summed E-state index contributed by atoms with van der Waals surface area (Å²) in [4.78, 5) is 2.30. The molecule has 1 heterocycles. The second-order valence-electron chi connectivity index (χ2n) is 3.93. The van der Waals surface area contributed by atoms with Gasteiger partial charge in [0.25, 0.3) is 0 Å². The molecule has 0 radical (unpaired) electrons. The van der Waals surface area contributed by atoms with Crippen molar-refractivity contribution in [2.24, 2.45) is 5.73 Å². The van der Waals surface area contributed by atoms with Crippen LogP contribution in [0.25, 0.3) is 0 Å². The number of aryl methyl sites for hydroxylation is 2. The first-order chi connectivity index (χ1) is 7.58. The number of rotatable bonds is 2. The van der Waals surface area contributed by atoms with Crippen LogP contribution in [-0.4, -0.2) is 0 Å². The van der Waals surface area contributed by atoms with Gasteiger partial charge in [0.2, 0.25) is 0 Å². The van der Waals surface area contributed by atoms with E-state index in [-0.39, 0.29) is 11.9 Å². The van der Waals surface area contributed by atoms with Gasteiger partial charge in [-0.25, -0.2) is 4.39 Å². The van der Waals surface area contributed by atoms with Gasteiger partial charge < -0.3 is 5.73 Å². The molecule has 0 saturated heterocycles. The molecule has 0 bridgehead atoms. The Morgan fingerprint density at radius 3 is 2.56 bits per heavy atom. The largest absolute Gasteiger partial charge is 0.320 e. The van der Waals surface area contributed by atoms with Crippen molar-refractivity contribution >= 4 is 11.3 Å². The van der Waals surface area contributed by atoms with E-state index in [0.717, 1.165) is 16.0 Å². The van der Waals surface area contributed by atoms with E-state index in [1.807, 2.05) is 26.0 Å². The molecular weight excluding hydrogens is 221 g/mol. The van der Waals surface area contributed by atoms with Crippen LogP contribution in [0, 0.1) is 19.7 Å². The molecule has 0 aliphatic carbocycles. The van der Waals surface area contributed by atoms with Gasteiger partial charge in [0, 0.05) is 9.75 Å². The Bertz CT molecular complexity index is 504. The maximum Gasteiger partial charge on any atom is 0.123 e. The molecule has 2 N–H and O–H groups in total. The highest BCUT2D eigenvalue weighted by Crippen LogP contribution is 2.28. The molecule has 2 aromatic rings. The number of hydrogen-bond acceptors (Lipinski definition) is 2. The van der Waals surface area contributed by atoms with Gasteiger partial charge in [-0.1, -0.05) is 6.07 Å². The van der Waals surface area contributed by atoms with Gasteiger partial charge in [0.05, 0.1) is 6.04 Å². The Morgan fingerprint density at radius 2 is 1.94 bits per heavy atom. The van der Waals surface area contributed by atoms with Crippen LogP contribution in [0.1, 0.15) is 26.9 Å². The van der Waals surface area contributed by atoms with Crippen LogP contribution in [0.4, 0.5) is 4.39 Å². The zero-order chi connectivity index (χ0) is 11.7. The van der Waals surface area contributed by atoms with Crippen LogP contribution >= 0.6 is 11.3 Å². The molecule has 1 unspecified atom stereocenters. The van der Waals surface area contributed by atoms with Gasteiger partial charge in [-0.05, 0) is 49.2 Å². The molecule has 3 heteroatoms. The quantitative estimate of drug-likeness (QED) is 0.846. The summed E-state index contributed by atoms with van der Waals surface area (Å²) in [6.45, 7) is 3.99. The molecule has 1 atom stereocenters. The van der Waals surface area contributed by atoms with E-state index in [0.29, 0.717) is 0 Å². The second-order valence-corrected chi connectivity index (χ2v) is 5.25. The topological polar surface area (TPSA) is 26.0 Å². The Balaban J connectivity index is 2.40. The molecule has 84 valence electrons. The normalized spacial score (nSPS) is 12.8. The van der Waals surface area contributed by atoms with Crippen LogP contribution < -0.4 is 5.73 Å². The highest BCUT2D eigenvalue weighted by Gasteiger charge is 2.13. The monoisotopic (exact) mass is 235 g/mol. The minimum Gasteiger partial charge on any atom is -0.320 e. The summed E-state index contributed by atoms with van der Waals surface area (Å²) in [5.41, 5.74) is 8.03. The van der Waals surface area contributed by atoms with E-state index < -0.39 is 0 Å². The molecule has 0 fully saturated rings. The molecule has 1 aromatic carbocycles. The summed E-state index contributed by atoms with van der Waals surface area (Å²) in [6.07, 6.45) is 0. The van der Waals surface area contributed by atoms with Crippen LogP contribution in [0.2, 0.25) is 0 Å². The Morgan fingerprint density at radius 1 is 1.19 bits per heavy atom. The summed E-state index contributed by atoms with van der Waals surface area (Å²) < 4.78 is 13.2. The van der Waals surface area contributed by atoms with Crippen molar-refractivity contribution in [3.05, 3.63) is 57.0 Å². The zero-order valence-corrected chi connectivity index (χ0v) is 10.1. The van der Waals surface area contributed by atoms with Crippen molar-refractivity contribution in [3.8, 4) is 0 Å². The first-order valence-electron chi connectivity index (χ1n) is 5.16. The smallest absolute Gasteiger partial charge is 0.123 e. The minimum atomic E-state index is -0.232. The van der Waals surface area contributed by atoms with Gasteiger partial charge in [-0.15, -0.1) is 11.3 Å². The second kappa shape index (κ2) is 4.36. The number of benzene rings is 1. The summed E-state index contributed by atoms with van der Waals surface area (Å²) in [6, 6.07) is 8.57. The maximum atomic E-state index is 13.2. The SMILES string of the molecule is Cc1ccc(C(N)c2cc(F)ccc2C)s1. The molecule has 0 amide bonds. The van der Waals surface area contributed by atoms with Crippen molar-refractivity contribution in [2.75, 3.05) is 0 Å². The van der Waals surface area contributed by atoms with Crippen LogP contribution in [0.15, 0.2) is 30.3 Å². The van der Waals surface area contributed by atoms with Gasteiger partial charge >= 0.3 is 0 Å². The molecule has 16 heavy (non-hydrogen) atoms. The lowest BCUT2D eigenvalue weighted by Crippen LogP contribution is -2.12. The lowest BCUT2D eigenvalue weighted by atomic mass is 10.0. The number of nitrogens with two attached hydrogens (primary N) is 1. The third-order valence-corrected chi connectivity index (χ3v) is 3.73. The number of thiophene rings is 1. The fourth-order valence-electron chi connectivity index (χ4n) is 1.72. The first kappa shape index (κ1) is 11.3. The lowest BCUT2D eigenvalue weighted by molar-refractivity contribution is 0.623. The minimum absolute atomic E-state index is 0.227. The zero-order valence-electron chi connectivity index (χ0n) is 9.33. The van der Waals surface area contributed by atoms with Gasteiger partial charge in [0.1, 0.15) is 5.82 Å². The number of halogens is 1. The molecule has 0 aliphatic heterocycles. The average molecular weight is 235 g/mol. The molecule has 0 spiro atoms. The van der Waals surface area contributed by atoms with Crippen molar-refractivity contribution in [1.82, 2.24) is 0 Å². The Hall–Kier alpha value is -1.19. The van der Waals surface area contributed by atoms with Crippen molar-refractivity contribution in [1.29, 1.82) is 0 Å². The maximum absolute atomic E-state index is 13.2. The van der Waals surface area contributed by atoms with Crippen LogP contribution in [-0.2, 0) is 0 Å². The van der Waals surface area contributed by atoms with Gasteiger partial charge in [-0.2, -0.15) is 0 Å². The van der Waals surface area contributed by atoms with Crippen LogP contribution in [0.5, 0.6) is 0 Å². The fraction of sp³-hybridized carbons (Fsp3) is 0.231. The van der Waals surface area contributed by atoms with Crippen molar-refractivity contribution in [3.63, 3.8) is 0 Å². The van der Waals surface area contributed by atoms with Gasteiger partial charge in [0.15, 0.2) is 0 Å². The van der Waals surface area contributed by atoms with E-state index in [4.69, 9.17) is 5.73 Å². The van der Waals surface area contributed by atoms with E-state index >= 15 is 0 Å². The first-order valence-corrected chi connectivity index (χ1v) is 5.97. The predicted molar refractivity (Wildman–Crippen MR) is 66.2 cm³/mol. The summed E-state index contributed by atoms with van der Waals surface area (Å²) >= 11 is 1.66. The van der Waals surface area contributed by atoms with Crippen molar-refractivity contribution in [2.45, 2.75) is 19.9 Å². The van der Waals surface area contributed by atoms with E-state index in [9.17, 15) is 4.39 Å². The molecular formula is C13H14FNS. The van der Waals surface area contributed by atoms with Gasteiger partial charge in [-0.3, -0.25) is 0 Å². The Labute approximate surface area is 98.7 Å². The molecule has 0 aliphatic rings. The van der Waals surface area contributed by atoms with E-state index in [1.165, 1.54) is 17.0 Å². The molecule has 2 rings (SSSR count). The third kappa shape index (κ3) is 2.15. The van der Waals surface area contributed by atoms with E-state index in [2.05, 4.69) is 0 Å². The highest BCUT2D eigenvalue weighted by molar-refractivity contribution is 7.12. The standard InChI is InChI=1S/C13H14FNS/c1-8-3-5-10(14)7-11(8)13(15)12-6-4-9(2)16-12/h3-7,13H,15H2,1-2H3. The number of hydrogen-bond donors (Lipinski definition) is 1. The van der Waals surface area contributed by atoms with E-state index in [1.54, 1.807) is 17.4 Å². The highest BCUT2D eigenvalue weighted by atomic mass is 32.1. The molecule has 1 aromatic heterocycles. The summed E-state index contributed by atoms with van der Waals surface area (Å²) in [7, 11) is 0. The summed E-state index contributed by atoms with van der Waals surface area (Å²) in [5.74, 6) is -0.232. The Kier molecular flexibility index (Phi) is 3.08. The van der Waals surface area contributed by atoms with Crippen LogP contribution in [0.3, 0.4) is 0 Å². The average Bonchev–Trinajstić information content (AvgIpc) is 2.67. The summed E-state index contributed by atoms with van der Waals surface area (Å²) in [5, 5.41) is 0. The molecule has 1 nitrogen and oxygen atoms in total. The predicted octanol–water partition coefficient (Wildman–Crippen LogP) is 3.55.